The first-order chi connectivity index (χ1) is 15.7. The van der Waals surface area contributed by atoms with Gasteiger partial charge in [-0.15, -0.1) is 0 Å². The SMILES string of the molecule is CCCCCCC1CCC(c2ccc(OC(=O)C3CCC(CCCCC)CC3)cc2)CC1. The first kappa shape index (κ1) is 25.3. The topological polar surface area (TPSA) is 26.3 Å². The summed E-state index contributed by atoms with van der Waals surface area (Å²) in [5, 5.41) is 0. The van der Waals surface area contributed by atoms with Crippen LogP contribution in [0.4, 0.5) is 0 Å². The molecule has 1 aromatic carbocycles. The number of unbranched alkanes of at least 4 members (excludes halogenated alkanes) is 5. The third-order valence-electron chi connectivity index (χ3n) is 8.28. The van der Waals surface area contributed by atoms with Crippen molar-refractivity contribution in [1.82, 2.24) is 0 Å². The zero-order valence-corrected chi connectivity index (χ0v) is 21.0. The molecule has 1 aromatic rings. The van der Waals surface area contributed by atoms with Gasteiger partial charge in [-0.25, -0.2) is 0 Å². The number of hydrogen-bond acceptors (Lipinski definition) is 2. The molecule has 0 saturated heterocycles. The summed E-state index contributed by atoms with van der Waals surface area (Å²) in [4.78, 5) is 12.7. The van der Waals surface area contributed by atoms with Crippen molar-refractivity contribution in [2.45, 2.75) is 129 Å². The number of carbonyl (C=O) groups is 1. The molecule has 0 aromatic heterocycles. The minimum atomic E-state index is -0.00617. The molecule has 0 amide bonds. The van der Waals surface area contributed by atoms with Crippen LogP contribution in [0.25, 0.3) is 0 Å². The maximum Gasteiger partial charge on any atom is 0.314 e. The van der Waals surface area contributed by atoms with E-state index in [0.29, 0.717) is 5.92 Å². The van der Waals surface area contributed by atoms with Gasteiger partial charge in [-0.05, 0) is 86.8 Å². The van der Waals surface area contributed by atoms with Gasteiger partial charge < -0.3 is 4.74 Å². The maximum absolute atomic E-state index is 12.7. The summed E-state index contributed by atoms with van der Waals surface area (Å²) < 4.78 is 5.77. The molecular formula is C30H48O2. The fraction of sp³-hybridized carbons (Fsp3) is 0.767. The molecule has 0 atom stereocenters. The van der Waals surface area contributed by atoms with Gasteiger partial charge in [0, 0.05) is 0 Å². The second-order valence-electron chi connectivity index (χ2n) is 10.8. The van der Waals surface area contributed by atoms with E-state index in [1.807, 2.05) is 12.1 Å². The quantitative estimate of drug-likeness (QED) is 0.184. The predicted octanol–water partition coefficient (Wildman–Crippen LogP) is 9.22. The van der Waals surface area contributed by atoms with Gasteiger partial charge in [-0.2, -0.15) is 0 Å². The Hall–Kier alpha value is -1.31. The van der Waals surface area contributed by atoms with Gasteiger partial charge in [-0.3, -0.25) is 4.79 Å². The molecule has 0 heterocycles. The molecule has 0 N–H and O–H groups in total. The molecule has 0 spiro atoms. The Morgan fingerprint density at radius 1 is 0.719 bits per heavy atom. The van der Waals surface area contributed by atoms with Crippen molar-refractivity contribution < 1.29 is 9.53 Å². The van der Waals surface area contributed by atoms with Crippen molar-refractivity contribution in [2.75, 3.05) is 0 Å². The highest BCUT2D eigenvalue weighted by Crippen LogP contribution is 2.38. The number of rotatable bonds is 12. The molecule has 0 unspecified atom stereocenters. The maximum atomic E-state index is 12.7. The van der Waals surface area contributed by atoms with Crippen molar-refractivity contribution >= 4 is 5.97 Å². The van der Waals surface area contributed by atoms with Gasteiger partial charge in [0.2, 0.25) is 0 Å². The Morgan fingerprint density at radius 3 is 1.84 bits per heavy atom. The molecule has 2 saturated carbocycles. The molecule has 0 radical (unpaired) electrons. The van der Waals surface area contributed by atoms with E-state index < -0.39 is 0 Å². The summed E-state index contributed by atoms with van der Waals surface area (Å²) in [5.74, 6) is 3.29. The van der Waals surface area contributed by atoms with Crippen LogP contribution in [-0.4, -0.2) is 5.97 Å². The molecule has 2 fully saturated rings. The summed E-state index contributed by atoms with van der Waals surface area (Å²) in [7, 11) is 0. The number of benzene rings is 1. The van der Waals surface area contributed by atoms with Crippen molar-refractivity contribution in [3.63, 3.8) is 0 Å². The van der Waals surface area contributed by atoms with E-state index >= 15 is 0 Å². The van der Waals surface area contributed by atoms with Crippen LogP contribution in [0.3, 0.4) is 0 Å². The second kappa shape index (κ2) is 14.1. The molecule has 2 aliphatic carbocycles. The van der Waals surface area contributed by atoms with Crippen molar-refractivity contribution in [3.8, 4) is 5.75 Å². The largest absolute Gasteiger partial charge is 0.426 e. The minimum absolute atomic E-state index is 0.00617. The van der Waals surface area contributed by atoms with E-state index in [2.05, 4.69) is 26.0 Å². The highest BCUT2D eigenvalue weighted by Gasteiger charge is 2.28. The van der Waals surface area contributed by atoms with E-state index in [1.165, 1.54) is 102 Å². The zero-order chi connectivity index (χ0) is 22.6. The van der Waals surface area contributed by atoms with Crippen LogP contribution in [0.2, 0.25) is 0 Å². The van der Waals surface area contributed by atoms with Crippen LogP contribution in [-0.2, 0) is 4.79 Å². The lowest BCUT2D eigenvalue weighted by Crippen LogP contribution is -2.25. The molecule has 3 rings (SSSR count). The Balaban J connectivity index is 1.36. The lowest BCUT2D eigenvalue weighted by Gasteiger charge is -2.29. The molecular weight excluding hydrogens is 392 g/mol. The normalized spacial score (nSPS) is 26.1. The van der Waals surface area contributed by atoms with Crippen molar-refractivity contribution in [2.24, 2.45) is 17.8 Å². The van der Waals surface area contributed by atoms with Crippen LogP contribution in [0.5, 0.6) is 5.75 Å². The molecule has 0 aliphatic heterocycles. The van der Waals surface area contributed by atoms with E-state index in [9.17, 15) is 4.79 Å². The Bertz CT molecular complexity index is 633. The second-order valence-corrected chi connectivity index (χ2v) is 10.8. The smallest absolute Gasteiger partial charge is 0.314 e. The molecule has 2 nitrogen and oxygen atoms in total. The third kappa shape index (κ3) is 8.23. The fourth-order valence-corrected chi connectivity index (χ4v) is 6.02. The summed E-state index contributed by atoms with van der Waals surface area (Å²) in [6, 6.07) is 8.47. The molecule has 32 heavy (non-hydrogen) atoms. The van der Waals surface area contributed by atoms with Gasteiger partial charge >= 0.3 is 5.97 Å². The minimum Gasteiger partial charge on any atom is -0.426 e. The van der Waals surface area contributed by atoms with Crippen LogP contribution in [0.1, 0.15) is 134 Å². The van der Waals surface area contributed by atoms with E-state index in [-0.39, 0.29) is 11.9 Å². The average molecular weight is 441 g/mol. The summed E-state index contributed by atoms with van der Waals surface area (Å²) in [6.07, 6.45) is 22.1. The molecule has 2 aliphatic rings. The van der Waals surface area contributed by atoms with Gasteiger partial charge in [-0.1, -0.05) is 83.8 Å². The molecule has 0 bridgehead atoms. The third-order valence-corrected chi connectivity index (χ3v) is 8.28. The van der Waals surface area contributed by atoms with Crippen molar-refractivity contribution in [3.05, 3.63) is 29.8 Å². The van der Waals surface area contributed by atoms with E-state index in [0.717, 1.165) is 30.4 Å². The van der Waals surface area contributed by atoms with Crippen LogP contribution >= 0.6 is 0 Å². The number of ether oxygens (including phenoxy) is 1. The first-order valence-electron chi connectivity index (χ1n) is 14.0. The lowest BCUT2D eigenvalue weighted by molar-refractivity contribution is -0.140. The highest BCUT2D eigenvalue weighted by atomic mass is 16.5. The summed E-state index contributed by atoms with van der Waals surface area (Å²) >= 11 is 0. The molecule has 2 heteroatoms. The van der Waals surface area contributed by atoms with Gasteiger partial charge in [0.25, 0.3) is 0 Å². The Labute approximate surface area is 197 Å². The van der Waals surface area contributed by atoms with Crippen LogP contribution < -0.4 is 4.74 Å². The standard InChI is InChI=1S/C30H48O2/c1-3-5-7-9-11-25-12-16-26(17-13-25)27-20-22-29(23-21-27)32-30(31)28-18-14-24(15-19-28)10-8-6-4-2/h20-26,28H,3-19H2,1-2H3. The molecule has 180 valence electrons. The van der Waals surface area contributed by atoms with Gasteiger partial charge in [0.1, 0.15) is 5.75 Å². The lowest BCUT2D eigenvalue weighted by atomic mass is 9.77. The monoisotopic (exact) mass is 440 g/mol. The Kier molecular flexibility index (Phi) is 11.1. The number of hydrogen-bond donors (Lipinski definition) is 0. The van der Waals surface area contributed by atoms with E-state index in [1.54, 1.807) is 0 Å². The zero-order valence-electron chi connectivity index (χ0n) is 21.0. The Morgan fingerprint density at radius 2 is 1.25 bits per heavy atom. The van der Waals surface area contributed by atoms with Crippen LogP contribution in [0.15, 0.2) is 24.3 Å². The number of carbonyl (C=O) groups excluding carboxylic acids is 1. The van der Waals surface area contributed by atoms with E-state index in [4.69, 9.17) is 4.74 Å². The summed E-state index contributed by atoms with van der Waals surface area (Å²) in [5.41, 5.74) is 1.43. The fourth-order valence-electron chi connectivity index (χ4n) is 6.02. The van der Waals surface area contributed by atoms with Gasteiger partial charge in [0.15, 0.2) is 0 Å². The van der Waals surface area contributed by atoms with Crippen LogP contribution in [0, 0.1) is 17.8 Å². The van der Waals surface area contributed by atoms with Gasteiger partial charge in [0.05, 0.1) is 5.92 Å². The van der Waals surface area contributed by atoms with Crippen molar-refractivity contribution in [1.29, 1.82) is 0 Å². The predicted molar refractivity (Wildman–Crippen MR) is 135 cm³/mol. The first-order valence-corrected chi connectivity index (χ1v) is 14.0. The highest BCUT2D eigenvalue weighted by molar-refractivity contribution is 5.75. The summed E-state index contributed by atoms with van der Waals surface area (Å²) in [6.45, 7) is 4.55. The average Bonchev–Trinajstić information content (AvgIpc) is 2.83. The number of esters is 1.